The number of likely N-dealkylation sites (tertiary alicyclic amines) is 1. The van der Waals surface area contributed by atoms with Gasteiger partial charge in [0, 0.05) is 39.1 Å². The number of carbonyl (C=O) groups is 2. The van der Waals surface area contributed by atoms with Gasteiger partial charge in [-0.25, -0.2) is 4.79 Å². The molecule has 0 spiro atoms. The first-order chi connectivity index (χ1) is 12.6. The molecule has 3 rings (SSSR count). The fraction of sp³-hybridized carbons (Fsp3) is 0.619. The third kappa shape index (κ3) is 5.23. The molecule has 1 aliphatic heterocycles. The van der Waals surface area contributed by atoms with E-state index in [0.29, 0.717) is 25.6 Å². The van der Waals surface area contributed by atoms with Gasteiger partial charge >= 0.3 is 6.03 Å². The van der Waals surface area contributed by atoms with Crippen molar-refractivity contribution in [3.63, 3.8) is 0 Å². The molecule has 3 amide bonds. The summed E-state index contributed by atoms with van der Waals surface area (Å²) in [6.45, 7) is 2.10. The molecule has 2 aliphatic rings. The van der Waals surface area contributed by atoms with Gasteiger partial charge in [0.15, 0.2) is 0 Å². The van der Waals surface area contributed by atoms with Crippen LogP contribution in [0.2, 0.25) is 0 Å². The van der Waals surface area contributed by atoms with Gasteiger partial charge in [0.1, 0.15) is 0 Å². The standard InChI is InChI=1S/C21H31N3O2/c1-23(15-17-8-4-2-5-9-17)20(25)14-18-12-13-24(16-18)21(26)22-19-10-6-3-7-11-19/h2,4-5,8-9,18-19H,3,6-7,10-16H2,1H3,(H,22,26). The molecule has 26 heavy (non-hydrogen) atoms. The summed E-state index contributed by atoms with van der Waals surface area (Å²) in [5, 5.41) is 3.18. The molecule has 5 heteroatoms. The molecule has 1 saturated heterocycles. The molecule has 2 fully saturated rings. The van der Waals surface area contributed by atoms with Crippen molar-refractivity contribution < 1.29 is 9.59 Å². The van der Waals surface area contributed by atoms with Crippen LogP contribution in [0.3, 0.4) is 0 Å². The molecule has 1 aliphatic carbocycles. The Bertz CT molecular complexity index is 599. The smallest absolute Gasteiger partial charge is 0.317 e. The predicted molar refractivity (Wildman–Crippen MR) is 103 cm³/mol. The number of carbonyl (C=O) groups excluding carboxylic acids is 2. The van der Waals surface area contributed by atoms with E-state index < -0.39 is 0 Å². The van der Waals surface area contributed by atoms with Crippen LogP contribution in [-0.2, 0) is 11.3 Å². The van der Waals surface area contributed by atoms with Crippen molar-refractivity contribution in [3.8, 4) is 0 Å². The fourth-order valence-corrected chi connectivity index (χ4v) is 4.04. The number of benzene rings is 1. The van der Waals surface area contributed by atoms with E-state index in [9.17, 15) is 9.59 Å². The molecule has 5 nitrogen and oxygen atoms in total. The predicted octanol–water partition coefficient (Wildman–Crippen LogP) is 3.40. The molecule has 0 bridgehead atoms. The van der Waals surface area contributed by atoms with Crippen molar-refractivity contribution >= 4 is 11.9 Å². The van der Waals surface area contributed by atoms with Gasteiger partial charge in [0.05, 0.1) is 0 Å². The maximum absolute atomic E-state index is 12.5. The number of nitrogens with one attached hydrogen (secondary N) is 1. The van der Waals surface area contributed by atoms with E-state index in [4.69, 9.17) is 0 Å². The molecule has 0 aromatic heterocycles. The molecule has 0 radical (unpaired) electrons. The highest BCUT2D eigenvalue weighted by atomic mass is 16.2. The number of amides is 3. The molecular formula is C21H31N3O2. The summed E-state index contributed by atoms with van der Waals surface area (Å²) in [5.74, 6) is 0.436. The summed E-state index contributed by atoms with van der Waals surface area (Å²) in [6, 6.07) is 10.4. The zero-order chi connectivity index (χ0) is 18.4. The topological polar surface area (TPSA) is 52.7 Å². The lowest BCUT2D eigenvalue weighted by molar-refractivity contribution is -0.131. The molecule has 1 aromatic rings. The summed E-state index contributed by atoms with van der Waals surface area (Å²) in [7, 11) is 1.86. The van der Waals surface area contributed by atoms with Gasteiger partial charge in [0.2, 0.25) is 5.91 Å². The van der Waals surface area contributed by atoms with Crippen molar-refractivity contribution in [2.24, 2.45) is 5.92 Å². The number of urea groups is 1. The third-order valence-electron chi connectivity index (χ3n) is 5.66. The maximum atomic E-state index is 12.5. The molecule has 1 N–H and O–H groups in total. The first-order valence-electron chi connectivity index (χ1n) is 9.95. The summed E-state index contributed by atoms with van der Waals surface area (Å²) < 4.78 is 0. The highest BCUT2D eigenvalue weighted by Gasteiger charge is 2.29. The number of hydrogen-bond acceptors (Lipinski definition) is 2. The SMILES string of the molecule is CN(Cc1ccccc1)C(=O)CC1CCN(C(=O)NC2CCCCC2)C1. The lowest BCUT2D eigenvalue weighted by Gasteiger charge is -2.26. The Morgan fingerprint density at radius 2 is 1.85 bits per heavy atom. The quantitative estimate of drug-likeness (QED) is 0.878. The number of hydrogen-bond donors (Lipinski definition) is 1. The average molecular weight is 357 g/mol. The van der Waals surface area contributed by atoms with Crippen LogP contribution in [0.4, 0.5) is 4.79 Å². The monoisotopic (exact) mass is 357 g/mol. The largest absolute Gasteiger partial charge is 0.341 e. The second-order valence-corrected chi connectivity index (χ2v) is 7.82. The van der Waals surface area contributed by atoms with Crippen LogP contribution in [0, 0.1) is 5.92 Å². The Labute approximate surface area is 156 Å². The van der Waals surface area contributed by atoms with Crippen molar-refractivity contribution in [1.29, 1.82) is 0 Å². The van der Waals surface area contributed by atoms with E-state index in [-0.39, 0.29) is 17.9 Å². The second kappa shape index (κ2) is 9.06. The maximum Gasteiger partial charge on any atom is 0.317 e. The highest BCUT2D eigenvalue weighted by molar-refractivity contribution is 5.77. The van der Waals surface area contributed by atoms with Gasteiger partial charge < -0.3 is 15.1 Å². The van der Waals surface area contributed by atoms with Gasteiger partial charge in [-0.05, 0) is 30.7 Å². The van der Waals surface area contributed by atoms with Crippen LogP contribution >= 0.6 is 0 Å². The average Bonchev–Trinajstić information content (AvgIpc) is 3.12. The molecule has 1 atom stereocenters. The molecule has 1 heterocycles. The van der Waals surface area contributed by atoms with E-state index in [0.717, 1.165) is 31.4 Å². The van der Waals surface area contributed by atoms with E-state index in [1.807, 2.05) is 42.3 Å². The van der Waals surface area contributed by atoms with Crippen molar-refractivity contribution in [1.82, 2.24) is 15.1 Å². The van der Waals surface area contributed by atoms with Gasteiger partial charge in [-0.2, -0.15) is 0 Å². The molecular weight excluding hydrogens is 326 g/mol. The van der Waals surface area contributed by atoms with Crippen molar-refractivity contribution in [2.75, 3.05) is 20.1 Å². The Balaban J connectivity index is 1.41. The molecule has 1 unspecified atom stereocenters. The van der Waals surface area contributed by atoms with E-state index >= 15 is 0 Å². The third-order valence-corrected chi connectivity index (χ3v) is 5.66. The highest BCUT2D eigenvalue weighted by Crippen LogP contribution is 2.22. The van der Waals surface area contributed by atoms with E-state index in [1.54, 1.807) is 4.90 Å². The van der Waals surface area contributed by atoms with Crippen molar-refractivity contribution in [2.45, 2.75) is 57.5 Å². The van der Waals surface area contributed by atoms with Crippen LogP contribution < -0.4 is 5.32 Å². The van der Waals surface area contributed by atoms with Crippen molar-refractivity contribution in [3.05, 3.63) is 35.9 Å². The van der Waals surface area contributed by atoms with E-state index in [1.165, 1.54) is 19.3 Å². The normalized spacial score (nSPS) is 20.8. The second-order valence-electron chi connectivity index (χ2n) is 7.82. The summed E-state index contributed by atoms with van der Waals surface area (Å²) >= 11 is 0. The van der Waals surface area contributed by atoms with Crippen LogP contribution in [0.15, 0.2) is 30.3 Å². The Kier molecular flexibility index (Phi) is 6.53. The fourth-order valence-electron chi connectivity index (χ4n) is 4.04. The summed E-state index contributed by atoms with van der Waals surface area (Å²) in [4.78, 5) is 28.6. The van der Waals surface area contributed by atoms with Crippen LogP contribution in [0.25, 0.3) is 0 Å². The lowest BCUT2D eigenvalue weighted by atomic mass is 9.96. The van der Waals surface area contributed by atoms with Gasteiger partial charge in [-0.1, -0.05) is 49.6 Å². The minimum Gasteiger partial charge on any atom is -0.341 e. The minimum absolute atomic E-state index is 0.0597. The van der Waals surface area contributed by atoms with Gasteiger partial charge in [-0.3, -0.25) is 4.79 Å². The lowest BCUT2D eigenvalue weighted by Crippen LogP contribution is -2.44. The first-order valence-corrected chi connectivity index (χ1v) is 9.95. The van der Waals surface area contributed by atoms with Crippen LogP contribution in [-0.4, -0.2) is 47.9 Å². The molecule has 1 aromatic carbocycles. The number of nitrogens with zero attached hydrogens (tertiary/aromatic N) is 2. The van der Waals surface area contributed by atoms with Gasteiger partial charge in [0.25, 0.3) is 0 Å². The Morgan fingerprint density at radius 1 is 1.12 bits per heavy atom. The number of rotatable bonds is 5. The van der Waals surface area contributed by atoms with Gasteiger partial charge in [-0.15, -0.1) is 0 Å². The summed E-state index contributed by atoms with van der Waals surface area (Å²) in [6.07, 6.45) is 7.37. The van der Waals surface area contributed by atoms with Crippen LogP contribution in [0.1, 0.15) is 50.5 Å². The zero-order valence-corrected chi connectivity index (χ0v) is 15.8. The van der Waals surface area contributed by atoms with E-state index in [2.05, 4.69) is 5.32 Å². The Morgan fingerprint density at radius 3 is 2.58 bits per heavy atom. The first kappa shape index (κ1) is 18.7. The minimum atomic E-state index is 0.0597. The zero-order valence-electron chi connectivity index (χ0n) is 15.8. The molecule has 1 saturated carbocycles. The Hall–Kier alpha value is -2.04. The molecule has 142 valence electrons. The summed E-state index contributed by atoms with van der Waals surface area (Å²) in [5.41, 5.74) is 1.14. The van der Waals surface area contributed by atoms with Crippen LogP contribution in [0.5, 0.6) is 0 Å².